The maximum absolute atomic E-state index is 13.3. The third-order valence-corrected chi connectivity index (χ3v) is 7.10. The van der Waals surface area contributed by atoms with Gasteiger partial charge in [-0.15, -0.1) is 0 Å². The molecule has 0 radical (unpaired) electrons. The lowest BCUT2D eigenvalue weighted by atomic mass is 10.0. The predicted octanol–water partition coefficient (Wildman–Crippen LogP) is 0.273. The van der Waals surface area contributed by atoms with Crippen LogP contribution in [0.15, 0.2) is 36.8 Å². The molecule has 0 aliphatic heterocycles. The quantitative estimate of drug-likeness (QED) is 0.136. The van der Waals surface area contributed by atoms with Gasteiger partial charge in [0, 0.05) is 24.7 Å². The zero-order valence-electron chi connectivity index (χ0n) is 21.9. The van der Waals surface area contributed by atoms with Crippen LogP contribution in [0.2, 0.25) is 0 Å². The highest BCUT2D eigenvalue weighted by Crippen LogP contribution is 2.12. The number of aromatic amines is 1. The highest BCUT2D eigenvalue weighted by molar-refractivity contribution is 7.98. The number of hydrogen-bond donors (Lipinski definition) is 7. The lowest BCUT2D eigenvalue weighted by molar-refractivity contribution is -0.142. The van der Waals surface area contributed by atoms with Crippen LogP contribution in [-0.4, -0.2) is 92.1 Å². The Balaban J connectivity index is 2.16. The van der Waals surface area contributed by atoms with Gasteiger partial charge in [-0.3, -0.25) is 14.4 Å². The predicted molar refractivity (Wildman–Crippen MR) is 152 cm³/mol. The molecule has 0 bridgehead atoms. The zero-order valence-corrected chi connectivity index (χ0v) is 23.5. The summed E-state index contributed by atoms with van der Waals surface area (Å²) in [5.74, 6) is -1.77. The first-order chi connectivity index (χ1) is 18.6. The Kier molecular flexibility index (Phi) is 13.7. The van der Waals surface area contributed by atoms with Crippen LogP contribution in [-0.2, 0) is 32.0 Å². The summed E-state index contributed by atoms with van der Waals surface area (Å²) in [6.45, 7) is 0. The molecule has 0 aliphatic rings. The topological polar surface area (TPSA) is 200 Å². The average Bonchev–Trinajstić information content (AvgIpc) is 3.42. The number of amides is 3. The molecule has 0 saturated carbocycles. The van der Waals surface area contributed by atoms with Gasteiger partial charge < -0.3 is 36.9 Å². The number of rotatable bonds is 17. The van der Waals surface area contributed by atoms with Crippen LogP contribution >= 0.6 is 23.5 Å². The maximum atomic E-state index is 13.3. The third-order valence-electron chi connectivity index (χ3n) is 5.82. The van der Waals surface area contributed by atoms with E-state index in [9.17, 15) is 29.4 Å². The molecule has 0 saturated heterocycles. The van der Waals surface area contributed by atoms with Crippen LogP contribution in [0.4, 0.5) is 0 Å². The number of phenolic OH excluding ortho intramolecular Hbond substituents is 1. The number of benzene rings is 1. The summed E-state index contributed by atoms with van der Waals surface area (Å²) >= 11 is 3.02. The van der Waals surface area contributed by atoms with E-state index in [4.69, 9.17) is 5.73 Å². The number of nitrogens with two attached hydrogens (primary N) is 1. The van der Waals surface area contributed by atoms with Crippen molar-refractivity contribution >= 4 is 47.2 Å². The van der Waals surface area contributed by atoms with Crippen molar-refractivity contribution in [3.05, 3.63) is 48.0 Å². The number of aliphatic carboxylic acids is 1. The number of phenols is 1. The number of hydrogen-bond acceptors (Lipinski definition) is 9. The van der Waals surface area contributed by atoms with Crippen LogP contribution in [0.1, 0.15) is 24.1 Å². The van der Waals surface area contributed by atoms with E-state index >= 15 is 0 Å². The number of carboxylic acid groups (broad SMARTS) is 1. The van der Waals surface area contributed by atoms with Gasteiger partial charge in [0.2, 0.25) is 17.7 Å². The molecule has 2 aromatic rings. The van der Waals surface area contributed by atoms with Crippen molar-refractivity contribution in [1.29, 1.82) is 0 Å². The van der Waals surface area contributed by atoms with Crippen molar-refractivity contribution in [3.8, 4) is 5.75 Å². The standard InChI is InChI=1S/C25H36N6O6S2/c1-38-9-7-18(26)22(33)30-20(12-16-13-27-14-28-16)24(35)29-19(8-10-39-2)23(34)31-21(25(36)37)11-15-3-5-17(32)6-4-15/h3-6,13-14,18-21,32H,7-12,26H2,1-2H3,(H,27,28)(H,29,35)(H,30,33)(H,31,34)(H,36,37). The molecule has 4 atom stereocenters. The SMILES string of the molecule is CSCCC(N)C(=O)NC(Cc1cnc[nH]1)C(=O)NC(CCSC)C(=O)NC(Cc1ccc(O)cc1)C(=O)O. The number of aromatic nitrogens is 2. The second kappa shape index (κ2) is 16.7. The van der Waals surface area contributed by atoms with Crippen molar-refractivity contribution in [2.45, 2.75) is 49.9 Å². The van der Waals surface area contributed by atoms with Gasteiger partial charge in [-0.2, -0.15) is 23.5 Å². The first-order valence-electron chi connectivity index (χ1n) is 12.3. The van der Waals surface area contributed by atoms with Gasteiger partial charge >= 0.3 is 5.97 Å². The number of carbonyl (C=O) groups excluding carboxylic acids is 3. The second-order valence-corrected chi connectivity index (χ2v) is 10.8. The molecule has 0 spiro atoms. The molecule has 0 aliphatic carbocycles. The minimum atomic E-state index is -1.26. The van der Waals surface area contributed by atoms with Gasteiger partial charge in [-0.25, -0.2) is 9.78 Å². The first kappa shape index (κ1) is 32.0. The molecule has 14 heteroatoms. The molecule has 1 heterocycles. The number of carboxylic acids is 1. The zero-order chi connectivity index (χ0) is 28.8. The van der Waals surface area contributed by atoms with Gasteiger partial charge in [-0.1, -0.05) is 12.1 Å². The molecule has 4 unspecified atom stereocenters. The Hall–Kier alpha value is -3.23. The number of imidazole rings is 1. The smallest absolute Gasteiger partial charge is 0.326 e. The Morgan fingerprint density at radius 2 is 1.49 bits per heavy atom. The van der Waals surface area contributed by atoms with Gasteiger partial charge in [0.05, 0.1) is 12.4 Å². The fraction of sp³-hybridized carbons (Fsp3) is 0.480. The number of nitrogens with one attached hydrogen (secondary N) is 4. The molecular formula is C25H36N6O6S2. The lowest BCUT2D eigenvalue weighted by Crippen LogP contribution is -2.58. The average molecular weight is 581 g/mol. The van der Waals surface area contributed by atoms with Crippen molar-refractivity contribution in [2.75, 3.05) is 24.0 Å². The summed E-state index contributed by atoms with van der Waals surface area (Å²) in [5.41, 5.74) is 7.18. The molecule has 3 amide bonds. The largest absolute Gasteiger partial charge is 0.508 e. The van der Waals surface area contributed by atoms with E-state index in [0.717, 1.165) is 0 Å². The van der Waals surface area contributed by atoms with Crippen LogP contribution < -0.4 is 21.7 Å². The van der Waals surface area contributed by atoms with Crippen molar-refractivity contribution in [3.63, 3.8) is 0 Å². The van der Waals surface area contributed by atoms with Crippen LogP contribution in [0, 0.1) is 0 Å². The van der Waals surface area contributed by atoms with Crippen LogP contribution in [0.5, 0.6) is 5.75 Å². The van der Waals surface area contributed by atoms with Gasteiger partial charge in [0.15, 0.2) is 0 Å². The van der Waals surface area contributed by atoms with Gasteiger partial charge in [0.1, 0.15) is 23.9 Å². The number of aromatic hydroxyl groups is 1. The minimum absolute atomic E-state index is 0.0169. The van der Waals surface area contributed by atoms with E-state index in [1.165, 1.54) is 36.4 Å². The number of H-pyrrole nitrogens is 1. The monoisotopic (exact) mass is 580 g/mol. The minimum Gasteiger partial charge on any atom is -0.508 e. The Labute approximate surface area is 235 Å². The van der Waals surface area contributed by atoms with E-state index in [-0.39, 0.29) is 25.0 Å². The molecule has 8 N–H and O–H groups in total. The highest BCUT2D eigenvalue weighted by atomic mass is 32.2. The maximum Gasteiger partial charge on any atom is 0.326 e. The van der Waals surface area contributed by atoms with E-state index in [2.05, 4.69) is 25.9 Å². The number of thioether (sulfide) groups is 2. The molecule has 214 valence electrons. The molecule has 0 fully saturated rings. The summed E-state index contributed by atoms with van der Waals surface area (Å²) in [4.78, 5) is 57.9. The van der Waals surface area contributed by atoms with Gasteiger partial charge in [-0.05, 0) is 54.6 Å². The molecule has 2 rings (SSSR count). The van der Waals surface area contributed by atoms with E-state index in [1.54, 1.807) is 23.9 Å². The van der Waals surface area contributed by atoms with Crippen molar-refractivity contribution < 1.29 is 29.4 Å². The van der Waals surface area contributed by atoms with Gasteiger partial charge in [0.25, 0.3) is 0 Å². The highest BCUT2D eigenvalue weighted by Gasteiger charge is 2.30. The fourth-order valence-electron chi connectivity index (χ4n) is 3.60. The van der Waals surface area contributed by atoms with Crippen LogP contribution in [0.25, 0.3) is 0 Å². The van der Waals surface area contributed by atoms with E-state index < -0.39 is 47.9 Å². The number of carbonyl (C=O) groups is 4. The van der Waals surface area contributed by atoms with E-state index in [1.807, 2.05) is 12.5 Å². The first-order valence-corrected chi connectivity index (χ1v) is 15.1. The summed E-state index contributed by atoms with van der Waals surface area (Å²) in [6.07, 6.45) is 7.46. The van der Waals surface area contributed by atoms with Crippen LogP contribution in [0.3, 0.4) is 0 Å². The summed E-state index contributed by atoms with van der Waals surface area (Å²) in [5, 5.41) is 27.0. The third kappa shape index (κ3) is 11.2. The fourth-order valence-corrected chi connectivity index (χ4v) is 4.56. The summed E-state index contributed by atoms with van der Waals surface area (Å²) in [7, 11) is 0. The molecule has 1 aromatic heterocycles. The Bertz CT molecular complexity index is 1070. The van der Waals surface area contributed by atoms with Crippen molar-refractivity contribution in [2.24, 2.45) is 5.73 Å². The summed E-state index contributed by atoms with van der Waals surface area (Å²) < 4.78 is 0. The molecule has 39 heavy (non-hydrogen) atoms. The second-order valence-electron chi connectivity index (χ2n) is 8.84. The molecule has 12 nitrogen and oxygen atoms in total. The molecular weight excluding hydrogens is 544 g/mol. The Morgan fingerprint density at radius 1 is 0.897 bits per heavy atom. The number of nitrogens with zero attached hydrogens (tertiary/aromatic N) is 1. The van der Waals surface area contributed by atoms with Crippen molar-refractivity contribution in [1.82, 2.24) is 25.9 Å². The lowest BCUT2D eigenvalue weighted by Gasteiger charge is -2.25. The summed E-state index contributed by atoms with van der Waals surface area (Å²) in [6, 6.07) is 1.84. The molecule has 1 aromatic carbocycles. The van der Waals surface area contributed by atoms with E-state index in [0.29, 0.717) is 29.2 Å². The normalized spacial score (nSPS) is 14.0. The Morgan fingerprint density at radius 3 is 2.08 bits per heavy atom.